The molecular formula is C52H80NO14P. The smallest absolute Gasteiger partial charge is 0.329 e. The van der Waals surface area contributed by atoms with Gasteiger partial charge in [-0.2, -0.15) is 0 Å². The van der Waals surface area contributed by atoms with E-state index in [0.717, 1.165) is 5.57 Å². The summed E-state index contributed by atoms with van der Waals surface area (Å²) in [7, 11) is 1.73. The molecule has 3 saturated heterocycles. The van der Waals surface area contributed by atoms with Crippen molar-refractivity contribution in [1.82, 2.24) is 4.90 Å². The summed E-state index contributed by atoms with van der Waals surface area (Å²) in [5, 5.41) is 23.6. The van der Waals surface area contributed by atoms with Crippen LogP contribution in [0.5, 0.6) is 0 Å². The Hall–Kier alpha value is -3.14. The lowest BCUT2D eigenvalue weighted by atomic mass is 9.68. The van der Waals surface area contributed by atoms with E-state index in [9.17, 15) is 38.8 Å². The maximum Gasteiger partial charge on any atom is 0.329 e. The molecular weight excluding hydrogens is 894 g/mol. The molecule has 15 nitrogen and oxygen atoms in total. The molecule has 5 aliphatic rings. The van der Waals surface area contributed by atoms with E-state index >= 15 is 0 Å². The molecule has 4 heterocycles. The number of hydrogen-bond donors (Lipinski definition) is 2. The van der Waals surface area contributed by atoms with Gasteiger partial charge in [0.15, 0.2) is 13.2 Å². The SMILES string of the molecule is COC1CC2CCC(C)C(O)(O2)C(=O)C(=O)N2CCCC3C(CC4CCC(OP(C)(C)=O)C(OC)C4)C(CC(=O)C(C)C=C(C)C(O)C(OC)C(=O)C(C)CC(C)C=CC=CC=C1C)OC(=O)C32. The van der Waals surface area contributed by atoms with E-state index in [0.29, 0.717) is 69.8 Å². The van der Waals surface area contributed by atoms with Crippen LogP contribution in [0.3, 0.4) is 0 Å². The van der Waals surface area contributed by atoms with E-state index in [1.165, 1.54) is 12.0 Å². The minimum Gasteiger partial charge on any atom is -0.460 e. The van der Waals surface area contributed by atoms with E-state index in [4.69, 9.17) is 28.2 Å². The number of carbonyl (C=O) groups is 5. The van der Waals surface area contributed by atoms with Crippen molar-refractivity contribution in [2.24, 2.45) is 41.4 Å². The number of fused-ring (bicyclic) bond motifs is 4. The van der Waals surface area contributed by atoms with Gasteiger partial charge < -0.3 is 43.3 Å². The Kier molecular flexibility index (Phi) is 20.0. The van der Waals surface area contributed by atoms with Crippen LogP contribution in [0.4, 0.5) is 0 Å². The van der Waals surface area contributed by atoms with Crippen LogP contribution in [-0.4, -0.2) is 140 Å². The van der Waals surface area contributed by atoms with Crippen molar-refractivity contribution in [3.05, 3.63) is 47.6 Å². The molecule has 382 valence electrons. The first-order valence-corrected chi connectivity index (χ1v) is 27.3. The molecule has 4 bridgehead atoms. The van der Waals surface area contributed by atoms with Crippen LogP contribution in [0.25, 0.3) is 0 Å². The summed E-state index contributed by atoms with van der Waals surface area (Å²) in [6.45, 7) is 14.0. The van der Waals surface area contributed by atoms with Crippen molar-refractivity contribution in [2.45, 2.75) is 167 Å². The van der Waals surface area contributed by atoms with Crippen LogP contribution in [0, 0.1) is 41.4 Å². The first kappa shape index (κ1) is 55.8. The fourth-order valence-corrected chi connectivity index (χ4v) is 12.2. The number of aliphatic hydroxyl groups is 2. The number of hydrogen-bond acceptors (Lipinski definition) is 14. The standard InChI is InChI=1S/C52H80NO14P/c1-30-16-13-12-14-17-31(2)42(62-7)28-37-21-19-35(6)52(60,66-37)49(57)50(58)53-23-15-18-38-39(26-36-20-22-41(44(27-36)63-8)67-68(10,11)61)43(65-51(59)45(38)53)29-40(54)32(3)25-34(5)47(56)48(64-9)46(55)33(4)24-30/h12-14,16-17,25,30,32-33,35-39,41-45,47-48,56,60H,15,18-24,26-29H2,1-11H3. The number of amides is 1. The third-order valence-corrected chi connectivity index (χ3v) is 16.1. The molecule has 0 aromatic heterocycles. The highest BCUT2D eigenvalue weighted by molar-refractivity contribution is 7.57. The third kappa shape index (κ3) is 13.6. The Labute approximate surface area is 404 Å². The first-order chi connectivity index (χ1) is 32.0. The lowest BCUT2D eigenvalue weighted by Crippen LogP contribution is -2.65. The van der Waals surface area contributed by atoms with E-state index in [-0.39, 0.29) is 48.6 Å². The van der Waals surface area contributed by atoms with Gasteiger partial charge in [-0.3, -0.25) is 23.7 Å². The summed E-state index contributed by atoms with van der Waals surface area (Å²) >= 11 is 0. The second-order valence-electron chi connectivity index (χ2n) is 20.8. The van der Waals surface area contributed by atoms with Gasteiger partial charge in [0, 0.05) is 77.7 Å². The highest BCUT2D eigenvalue weighted by Gasteiger charge is 2.57. The summed E-state index contributed by atoms with van der Waals surface area (Å²) in [6, 6.07) is -1.15. The molecule has 1 saturated carbocycles. The molecule has 1 aliphatic carbocycles. The second-order valence-corrected chi connectivity index (χ2v) is 23.6. The largest absolute Gasteiger partial charge is 0.460 e. The Morgan fingerprint density at radius 3 is 2.24 bits per heavy atom. The number of carbonyl (C=O) groups excluding carboxylic acids is 5. The van der Waals surface area contributed by atoms with Crippen LogP contribution in [-0.2, 0) is 56.7 Å². The third-order valence-electron chi connectivity index (χ3n) is 15.3. The number of esters is 1. The number of ketones is 3. The zero-order valence-electron chi connectivity index (χ0n) is 42.3. The van der Waals surface area contributed by atoms with Crippen molar-refractivity contribution in [2.75, 3.05) is 41.2 Å². The first-order valence-electron chi connectivity index (χ1n) is 24.8. The number of Topliss-reactive ketones (excluding diaryl/α,β-unsaturated/α-hetero) is 3. The molecule has 5 rings (SSSR count). The van der Waals surface area contributed by atoms with Crippen molar-refractivity contribution >= 4 is 36.6 Å². The minimum atomic E-state index is -2.82. The highest BCUT2D eigenvalue weighted by Crippen LogP contribution is 2.48. The topological polar surface area (TPSA) is 201 Å². The second kappa shape index (κ2) is 24.3. The fourth-order valence-electron chi connectivity index (χ4n) is 11.4. The van der Waals surface area contributed by atoms with Gasteiger partial charge in [0.05, 0.1) is 24.4 Å². The van der Waals surface area contributed by atoms with Crippen LogP contribution < -0.4 is 0 Å². The van der Waals surface area contributed by atoms with Gasteiger partial charge in [0.25, 0.3) is 11.7 Å². The number of aliphatic hydroxyl groups excluding tert-OH is 1. The molecule has 16 heteroatoms. The van der Waals surface area contributed by atoms with E-state index in [1.54, 1.807) is 54.4 Å². The number of rotatable bonds is 7. The highest BCUT2D eigenvalue weighted by atomic mass is 31.2. The molecule has 0 aromatic rings. The zero-order chi connectivity index (χ0) is 50.2. The number of ether oxygens (including phenoxy) is 5. The van der Waals surface area contributed by atoms with E-state index in [2.05, 4.69) is 0 Å². The van der Waals surface area contributed by atoms with Gasteiger partial charge in [-0.25, -0.2) is 4.79 Å². The van der Waals surface area contributed by atoms with Gasteiger partial charge >= 0.3 is 5.97 Å². The molecule has 1 amide bonds. The maximum atomic E-state index is 14.5. The molecule has 0 spiro atoms. The van der Waals surface area contributed by atoms with Crippen LogP contribution in [0.1, 0.15) is 112 Å². The minimum absolute atomic E-state index is 0.0155. The molecule has 16 atom stereocenters. The lowest BCUT2D eigenvalue weighted by molar-refractivity contribution is -0.266. The average Bonchev–Trinajstić information content (AvgIpc) is 3.29. The zero-order valence-corrected chi connectivity index (χ0v) is 43.2. The van der Waals surface area contributed by atoms with E-state index < -0.39 is 97.0 Å². The quantitative estimate of drug-likeness (QED) is 0.115. The van der Waals surface area contributed by atoms with Gasteiger partial charge in [0.2, 0.25) is 5.79 Å². The average molecular weight is 974 g/mol. The van der Waals surface area contributed by atoms with Crippen molar-refractivity contribution in [3.63, 3.8) is 0 Å². The summed E-state index contributed by atoms with van der Waals surface area (Å²) in [5.74, 6) is -8.61. The van der Waals surface area contributed by atoms with Gasteiger partial charge in [-0.1, -0.05) is 64.2 Å². The van der Waals surface area contributed by atoms with Crippen LogP contribution in [0.15, 0.2) is 47.6 Å². The van der Waals surface area contributed by atoms with Gasteiger partial charge in [-0.05, 0) is 101 Å². The van der Waals surface area contributed by atoms with Crippen LogP contribution >= 0.6 is 7.37 Å². The number of allylic oxidation sites excluding steroid dienone is 6. The number of nitrogens with zero attached hydrogens (tertiary/aromatic N) is 1. The summed E-state index contributed by atoms with van der Waals surface area (Å²) < 4.78 is 48.4. The molecule has 4 aliphatic heterocycles. The van der Waals surface area contributed by atoms with E-state index in [1.807, 2.05) is 51.2 Å². The Morgan fingerprint density at radius 1 is 0.853 bits per heavy atom. The lowest BCUT2D eigenvalue weighted by Gasteiger charge is -2.50. The van der Waals surface area contributed by atoms with Gasteiger partial charge in [0.1, 0.15) is 30.1 Å². The molecule has 2 N–H and O–H groups in total. The van der Waals surface area contributed by atoms with Gasteiger partial charge in [-0.15, -0.1) is 0 Å². The Bertz CT molecular complexity index is 1970. The van der Waals surface area contributed by atoms with Crippen LogP contribution in [0.2, 0.25) is 0 Å². The maximum absolute atomic E-state index is 14.5. The summed E-state index contributed by atoms with van der Waals surface area (Å²) in [5.41, 5.74) is 1.27. The normalized spacial score (nSPS) is 39.1. The summed E-state index contributed by atoms with van der Waals surface area (Å²) in [4.78, 5) is 72.5. The fraction of sp³-hybridized carbons (Fsp3) is 0.750. The Balaban J connectivity index is 1.51. The van der Waals surface area contributed by atoms with Crippen molar-refractivity contribution in [1.29, 1.82) is 0 Å². The molecule has 0 radical (unpaired) electrons. The van der Waals surface area contributed by atoms with Crippen molar-refractivity contribution < 1.29 is 67.0 Å². The number of piperidine rings is 1. The molecule has 68 heavy (non-hydrogen) atoms. The predicted octanol–water partition coefficient (Wildman–Crippen LogP) is 6.96. The predicted molar refractivity (Wildman–Crippen MR) is 257 cm³/mol. The monoisotopic (exact) mass is 974 g/mol. The summed E-state index contributed by atoms with van der Waals surface area (Å²) in [6.07, 6.45) is 11.0. The molecule has 0 aromatic carbocycles. The molecule has 4 fully saturated rings. The molecule has 16 unspecified atom stereocenters. The van der Waals surface area contributed by atoms with Crippen molar-refractivity contribution in [3.8, 4) is 0 Å². The Morgan fingerprint density at radius 2 is 1.57 bits per heavy atom. The number of methoxy groups -OCH3 is 3.